The monoisotopic (exact) mass is 462 g/mol. The summed E-state index contributed by atoms with van der Waals surface area (Å²) in [5.74, 6) is 5.61. The van der Waals surface area contributed by atoms with E-state index >= 15 is 0 Å². The molecule has 0 spiro atoms. The first kappa shape index (κ1) is 24.4. The number of nitrogens with two attached hydrogens (primary N) is 1. The van der Waals surface area contributed by atoms with E-state index in [1.54, 1.807) is 30.7 Å². The molecule has 0 unspecified atom stereocenters. The highest BCUT2D eigenvalue weighted by molar-refractivity contribution is 5.94. The average molecular weight is 463 g/mol. The van der Waals surface area contributed by atoms with Gasteiger partial charge in [-0.15, -0.1) is 0 Å². The van der Waals surface area contributed by atoms with E-state index in [0.717, 1.165) is 16.9 Å². The van der Waals surface area contributed by atoms with Gasteiger partial charge in [-0.05, 0) is 66.4 Å². The maximum atomic E-state index is 14.7. The molecule has 0 fully saturated rings. The first-order valence-corrected chi connectivity index (χ1v) is 10.5. The molecule has 34 heavy (non-hydrogen) atoms. The van der Waals surface area contributed by atoms with E-state index in [1.165, 1.54) is 31.3 Å². The summed E-state index contributed by atoms with van der Waals surface area (Å²) in [5, 5.41) is 7.15. The first-order chi connectivity index (χ1) is 16.4. The molecule has 3 rings (SSSR count). The van der Waals surface area contributed by atoms with Crippen molar-refractivity contribution in [2.45, 2.75) is 12.8 Å². The van der Waals surface area contributed by atoms with Crippen LogP contribution in [-0.4, -0.2) is 30.0 Å². The van der Waals surface area contributed by atoms with Gasteiger partial charge in [-0.25, -0.2) is 20.2 Å². The Balaban J connectivity index is 1.64. The number of anilines is 3. The van der Waals surface area contributed by atoms with Crippen molar-refractivity contribution in [3.63, 3.8) is 0 Å². The van der Waals surface area contributed by atoms with Crippen molar-refractivity contribution in [3.8, 4) is 5.75 Å². The van der Waals surface area contributed by atoms with Crippen LogP contribution in [0.3, 0.4) is 0 Å². The number of methoxy groups -OCH3 is 1. The third-order valence-electron chi connectivity index (χ3n) is 5.02. The van der Waals surface area contributed by atoms with Crippen molar-refractivity contribution >= 4 is 23.2 Å². The minimum atomic E-state index is -0.478. The largest absolute Gasteiger partial charge is 0.494 e. The second-order valence-corrected chi connectivity index (χ2v) is 7.30. The van der Waals surface area contributed by atoms with Crippen LogP contribution in [0.2, 0.25) is 0 Å². The number of aryl methyl sites for hydroxylation is 2. The molecule has 1 aromatic heterocycles. The topological polar surface area (TPSA) is 105 Å². The molecule has 176 valence electrons. The van der Waals surface area contributed by atoms with Crippen molar-refractivity contribution < 1.29 is 13.9 Å². The van der Waals surface area contributed by atoms with Gasteiger partial charge < -0.3 is 15.4 Å². The Kier molecular flexibility index (Phi) is 8.31. The van der Waals surface area contributed by atoms with Crippen LogP contribution in [0.5, 0.6) is 5.75 Å². The highest BCUT2D eigenvalue weighted by Gasteiger charge is 2.15. The molecule has 2 aromatic carbocycles. The predicted molar refractivity (Wildman–Crippen MR) is 132 cm³/mol. The van der Waals surface area contributed by atoms with E-state index in [4.69, 9.17) is 10.6 Å². The second-order valence-electron chi connectivity index (χ2n) is 7.30. The predicted octanol–water partition coefficient (Wildman–Crippen LogP) is 3.89. The molecule has 0 saturated carbocycles. The summed E-state index contributed by atoms with van der Waals surface area (Å²) in [5.41, 5.74) is 3.17. The summed E-state index contributed by atoms with van der Waals surface area (Å²) in [6, 6.07) is 10.4. The number of amides is 1. The number of hydrogen-bond donors (Lipinski definition) is 3. The van der Waals surface area contributed by atoms with E-state index in [2.05, 4.69) is 27.2 Å². The number of aromatic nitrogens is 2. The molecule has 1 amide bonds. The van der Waals surface area contributed by atoms with Crippen molar-refractivity contribution in [3.05, 3.63) is 96.2 Å². The minimum absolute atomic E-state index is 0.0346. The van der Waals surface area contributed by atoms with Gasteiger partial charge >= 0.3 is 0 Å². The third-order valence-corrected chi connectivity index (χ3v) is 5.02. The molecule has 3 aromatic rings. The van der Waals surface area contributed by atoms with Crippen LogP contribution in [-0.2, 0) is 12.8 Å². The molecule has 0 aliphatic rings. The maximum Gasteiger partial charge on any atom is 0.251 e. The molecule has 9 heteroatoms. The summed E-state index contributed by atoms with van der Waals surface area (Å²) in [7, 11) is 2.89. The van der Waals surface area contributed by atoms with Gasteiger partial charge in [-0.2, -0.15) is 0 Å². The summed E-state index contributed by atoms with van der Waals surface area (Å²) >= 11 is 0. The lowest BCUT2D eigenvalue weighted by Gasteiger charge is -2.14. The number of hydrogen-bond acceptors (Lipinski definition) is 7. The molecule has 0 aliphatic heterocycles. The van der Waals surface area contributed by atoms with E-state index in [1.807, 2.05) is 24.3 Å². The zero-order valence-corrected chi connectivity index (χ0v) is 19.1. The molecule has 0 bridgehead atoms. The summed E-state index contributed by atoms with van der Waals surface area (Å²) in [6.45, 7) is 3.61. The van der Waals surface area contributed by atoms with Crippen molar-refractivity contribution in [2.75, 3.05) is 24.5 Å². The Morgan fingerprint density at radius 3 is 2.53 bits per heavy atom. The van der Waals surface area contributed by atoms with E-state index in [-0.39, 0.29) is 11.7 Å². The van der Waals surface area contributed by atoms with Crippen LogP contribution >= 0.6 is 0 Å². The minimum Gasteiger partial charge on any atom is -0.494 e. The zero-order chi connectivity index (χ0) is 24.5. The zero-order valence-electron chi connectivity index (χ0n) is 19.1. The number of carbonyl (C=O) groups excluding carboxylic acids is 1. The van der Waals surface area contributed by atoms with Crippen molar-refractivity contribution in [1.82, 2.24) is 15.3 Å². The van der Waals surface area contributed by atoms with Gasteiger partial charge in [0.1, 0.15) is 0 Å². The fourth-order valence-electron chi connectivity index (χ4n) is 3.17. The molecule has 0 saturated heterocycles. The van der Waals surface area contributed by atoms with Gasteiger partial charge in [0.05, 0.1) is 12.8 Å². The van der Waals surface area contributed by atoms with E-state index < -0.39 is 5.82 Å². The van der Waals surface area contributed by atoms with Gasteiger partial charge in [0, 0.05) is 36.9 Å². The van der Waals surface area contributed by atoms with Crippen LogP contribution in [0.15, 0.2) is 73.7 Å². The molecule has 4 N–H and O–H groups in total. The molecule has 0 atom stereocenters. The number of hydrazine groups is 1. The molecule has 0 radical (unpaired) electrons. The maximum absolute atomic E-state index is 14.7. The van der Waals surface area contributed by atoms with Crippen molar-refractivity contribution in [2.24, 2.45) is 5.84 Å². The Labute approximate surface area is 198 Å². The van der Waals surface area contributed by atoms with Gasteiger partial charge in [0.15, 0.2) is 11.6 Å². The van der Waals surface area contributed by atoms with Crippen LogP contribution < -0.4 is 26.2 Å². The summed E-state index contributed by atoms with van der Waals surface area (Å²) < 4.78 is 19.7. The highest BCUT2D eigenvalue weighted by Crippen LogP contribution is 2.24. The Bertz CT molecular complexity index is 1160. The fraction of sp³-hybridized carbons (Fsp3) is 0.160. The van der Waals surface area contributed by atoms with E-state index in [9.17, 15) is 9.18 Å². The van der Waals surface area contributed by atoms with Gasteiger partial charge in [0.25, 0.3) is 5.91 Å². The standard InChI is InChI=1S/C25H27FN6O2/c1-4-5-12-32(27)21-10-8-20(9-11-21)31-25-29-15-17(16-30-25)6-7-18-13-19(24(33)28-2)14-22(34-3)23(18)26/h4-5,8-16H,1,6-7,27H2,2-3H3,(H,28,33)(H,29,30,31)/b12-5-. The normalized spacial score (nSPS) is 10.7. The number of rotatable bonds is 10. The van der Waals surface area contributed by atoms with Gasteiger partial charge in [0.2, 0.25) is 5.95 Å². The number of benzene rings is 2. The lowest BCUT2D eigenvalue weighted by molar-refractivity contribution is 0.0962. The second kappa shape index (κ2) is 11.6. The number of carbonyl (C=O) groups is 1. The lowest BCUT2D eigenvalue weighted by atomic mass is 10.0. The fourth-order valence-corrected chi connectivity index (χ4v) is 3.17. The molecule has 8 nitrogen and oxygen atoms in total. The van der Waals surface area contributed by atoms with Crippen LogP contribution in [0.25, 0.3) is 0 Å². The SMILES string of the molecule is C=C/C=C\N(N)c1ccc(Nc2ncc(CCc3cc(C(=O)NC)cc(OC)c3F)cn2)cc1. The number of nitrogens with one attached hydrogen (secondary N) is 2. The number of ether oxygens (including phenoxy) is 1. The van der Waals surface area contributed by atoms with Crippen LogP contribution in [0.4, 0.5) is 21.7 Å². The summed E-state index contributed by atoms with van der Waals surface area (Å²) in [6.07, 6.45) is 9.31. The Morgan fingerprint density at radius 1 is 1.21 bits per heavy atom. The molecular weight excluding hydrogens is 435 g/mol. The average Bonchev–Trinajstić information content (AvgIpc) is 2.87. The number of allylic oxidation sites excluding steroid dienone is 2. The van der Waals surface area contributed by atoms with E-state index in [0.29, 0.717) is 29.9 Å². The van der Waals surface area contributed by atoms with Crippen molar-refractivity contribution in [1.29, 1.82) is 0 Å². The van der Waals surface area contributed by atoms with Gasteiger partial charge in [-0.3, -0.25) is 9.80 Å². The molecule has 0 aliphatic carbocycles. The third kappa shape index (κ3) is 6.17. The Morgan fingerprint density at radius 2 is 1.91 bits per heavy atom. The molecule has 1 heterocycles. The van der Waals surface area contributed by atoms with Crippen LogP contribution in [0, 0.1) is 5.82 Å². The number of halogens is 1. The quantitative estimate of drug-likeness (QED) is 0.238. The smallest absolute Gasteiger partial charge is 0.251 e. The number of nitrogens with zero attached hydrogens (tertiary/aromatic N) is 3. The molecular formula is C25H27FN6O2. The summed E-state index contributed by atoms with van der Waals surface area (Å²) in [4.78, 5) is 20.6. The first-order valence-electron chi connectivity index (χ1n) is 10.5. The highest BCUT2D eigenvalue weighted by atomic mass is 19.1. The lowest BCUT2D eigenvalue weighted by Crippen LogP contribution is -2.23. The Hall–Kier alpha value is -4.24. The van der Waals surface area contributed by atoms with Crippen LogP contribution in [0.1, 0.15) is 21.5 Å². The van der Waals surface area contributed by atoms with Gasteiger partial charge in [-0.1, -0.05) is 12.7 Å².